The molecule has 1 aromatic carbocycles. The lowest BCUT2D eigenvalue weighted by atomic mass is 9.91. The molecule has 1 saturated carbocycles. The van der Waals surface area contributed by atoms with Crippen LogP contribution in [0.25, 0.3) is 0 Å². The van der Waals surface area contributed by atoms with Crippen molar-refractivity contribution in [3.8, 4) is 0 Å². The summed E-state index contributed by atoms with van der Waals surface area (Å²) in [6.45, 7) is 3.33. The Kier molecular flexibility index (Phi) is 4.14. The normalized spacial score (nSPS) is 23.2. The smallest absolute Gasteiger partial charge is 0.242 e. The van der Waals surface area contributed by atoms with Gasteiger partial charge in [0.1, 0.15) is 4.90 Å². The second kappa shape index (κ2) is 5.22. The zero-order chi connectivity index (χ0) is 14.4. The van der Waals surface area contributed by atoms with Crippen molar-refractivity contribution in [2.75, 3.05) is 0 Å². The number of nitrogens with one attached hydrogen (secondary N) is 1. The lowest BCUT2D eigenvalue weighted by Gasteiger charge is -2.32. The van der Waals surface area contributed by atoms with E-state index >= 15 is 0 Å². The van der Waals surface area contributed by atoms with Gasteiger partial charge in [-0.15, -0.1) is 0 Å². The highest BCUT2D eigenvalue weighted by Crippen LogP contribution is 2.34. The molecule has 1 fully saturated rings. The summed E-state index contributed by atoms with van der Waals surface area (Å²) >= 11 is 12.1. The van der Waals surface area contributed by atoms with Gasteiger partial charge in [-0.25, -0.2) is 13.1 Å². The van der Waals surface area contributed by atoms with E-state index in [-0.39, 0.29) is 16.0 Å². The summed E-state index contributed by atoms with van der Waals surface area (Å²) in [6, 6.07) is 1.40. The molecule has 0 aliphatic heterocycles. The van der Waals surface area contributed by atoms with E-state index < -0.39 is 16.1 Å². The maximum atomic E-state index is 12.4. The largest absolute Gasteiger partial charge is 0.393 e. The molecule has 1 aliphatic rings. The quantitative estimate of drug-likeness (QED) is 0.897. The summed E-state index contributed by atoms with van der Waals surface area (Å²) in [5.41, 5.74) is 1.05. The van der Waals surface area contributed by atoms with Crippen LogP contribution in [0.15, 0.2) is 11.0 Å². The van der Waals surface area contributed by atoms with E-state index in [0.717, 1.165) is 0 Å². The lowest BCUT2D eigenvalue weighted by molar-refractivity contribution is 0.0712. The van der Waals surface area contributed by atoms with E-state index in [2.05, 4.69) is 4.72 Å². The Balaban J connectivity index is 2.40. The third-order valence-electron chi connectivity index (χ3n) is 3.29. The van der Waals surface area contributed by atoms with Gasteiger partial charge in [0.25, 0.3) is 0 Å². The summed E-state index contributed by atoms with van der Waals surface area (Å²) in [5, 5.41) is 9.76. The predicted octanol–water partition coefficient (Wildman–Crippen LogP) is 2.41. The average molecular weight is 324 g/mol. The molecule has 106 valence electrons. The predicted molar refractivity (Wildman–Crippen MR) is 75.3 cm³/mol. The molecule has 0 aromatic heterocycles. The van der Waals surface area contributed by atoms with Gasteiger partial charge in [-0.05, 0) is 43.9 Å². The van der Waals surface area contributed by atoms with Gasteiger partial charge in [0.2, 0.25) is 10.0 Å². The van der Waals surface area contributed by atoms with Crippen molar-refractivity contribution in [1.82, 2.24) is 4.72 Å². The summed E-state index contributed by atoms with van der Waals surface area (Å²) in [5.74, 6) is 0. The minimum atomic E-state index is -3.73. The van der Waals surface area contributed by atoms with Crippen molar-refractivity contribution in [3.63, 3.8) is 0 Å². The maximum absolute atomic E-state index is 12.4. The molecule has 2 N–H and O–H groups in total. The third-order valence-corrected chi connectivity index (χ3v) is 5.97. The molecule has 0 atom stereocenters. The monoisotopic (exact) mass is 323 g/mol. The first-order chi connectivity index (χ1) is 8.72. The van der Waals surface area contributed by atoms with Crippen molar-refractivity contribution >= 4 is 33.2 Å². The molecule has 0 unspecified atom stereocenters. The second-order valence-corrected chi connectivity index (χ2v) is 7.32. The number of hydrogen-bond donors (Lipinski definition) is 2. The maximum Gasteiger partial charge on any atom is 0.242 e. The molecular formula is C12H15Cl2NO3S. The van der Waals surface area contributed by atoms with Crippen molar-refractivity contribution < 1.29 is 13.5 Å². The van der Waals surface area contributed by atoms with Crippen LogP contribution in [-0.2, 0) is 10.0 Å². The first-order valence-electron chi connectivity index (χ1n) is 5.88. The molecule has 0 saturated heterocycles. The summed E-state index contributed by atoms with van der Waals surface area (Å²) < 4.78 is 27.2. The number of aliphatic hydroxyl groups excluding tert-OH is 1. The Morgan fingerprint density at radius 2 is 1.89 bits per heavy atom. The van der Waals surface area contributed by atoms with Gasteiger partial charge in [0.15, 0.2) is 0 Å². The molecule has 2 rings (SSSR count). The standard InChI is InChI=1S/C12H15Cl2NO3S/c1-6-3-10(13)7(2)12(11(6)14)19(17,18)15-8-4-9(16)5-8/h3,8-9,15-16H,4-5H2,1-2H3. The molecule has 0 heterocycles. The fourth-order valence-electron chi connectivity index (χ4n) is 2.10. The topological polar surface area (TPSA) is 66.4 Å². The highest BCUT2D eigenvalue weighted by Gasteiger charge is 2.33. The average Bonchev–Trinajstić information content (AvgIpc) is 2.24. The number of halogens is 2. The summed E-state index contributed by atoms with van der Waals surface area (Å²) in [7, 11) is -3.73. The van der Waals surface area contributed by atoms with Crippen LogP contribution in [-0.4, -0.2) is 25.7 Å². The molecule has 4 nitrogen and oxygen atoms in total. The molecule has 0 spiro atoms. The van der Waals surface area contributed by atoms with Crippen molar-refractivity contribution in [1.29, 1.82) is 0 Å². The summed E-state index contributed by atoms with van der Waals surface area (Å²) in [4.78, 5) is 0.0283. The number of aryl methyl sites for hydroxylation is 1. The molecule has 19 heavy (non-hydrogen) atoms. The van der Waals surface area contributed by atoms with Crippen LogP contribution in [0.1, 0.15) is 24.0 Å². The van der Waals surface area contributed by atoms with Crippen LogP contribution in [0.3, 0.4) is 0 Å². The Bertz CT molecular complexity index is 584. The summed E-state index contributed by atoms with van der Waals surface area (Å²) in [6.07, 6.45) is 0.426. The third kappa shape index (κ3) is 2.90. The Morgan fingerprint density at radius 3 is 2.42 bits per heavy atom. The number of rotatable bonds is 3. The van der Waals surface area contributed by atoms with Gasteiger partial charge in [-0.3, -0.25) is 0 Å². The van der Waals surface area contributed by atoms with Crippen molar-refractivity contribution in [2.45, 2.75) is 43.7 Å². The Morgan fingerprint density at radius 1 is 1.32 bits per heavy atom. The minimum absolute atomic E-state index is 0.0283. The van der Waals surface area contributed by atoms with Gasteiger partial charge in [-0.1, -0.05) is 23.2 Å². The van der Waals surface area contributed by atoms with E-state index in [1.54, 1.807) is 19.9 Å². The van der Waals surface area contributed by atoms with Gasteiger partial charge in [-0.2, -0.15) is 0 Å². The highest BCUT2D eigenvalue weighted by molar-refractivity contribution is 7.89. The molecule has 7 heteroatoms. The van der Waals surface area contributed by atoms with Gasteiger partial charge in [0, 0.05) is 11.1 Å². The van der Waals surface area contributed by atoms with E-state index in [0.29, 0.717) is 29.0 Å². The van der Waals surface area contributed by atoms with Crippen LogP contribution in [0.5, 0.6) is 0 Å². The second-order valence-electron chi connectivity index (χ2n) is 4.89. The van der Waals surface area contributed by atoms with Crippen LogP contribution in [0, 0.1) is 13.8 Å². The SMILES string of the molecule is Cc1cc(Cl)c(C)c(S(=O)(=O)NC2CC(O)C2)c1Cl. The fourth-order valence-corrected chi connectivity index (χ4v) is 4.57. The zero-order valence-electron chi connectivity index (χ0n) is 10.6. The van der Waals surface area contributed by atoms with Gasteiger partial charge < -0.3 is 5.11 Å². The molecule has 0 amide bonds. The Hall–Kier alpha value is -0.330. The van der Waals surface area contributed by atoms with E-state index in [9.17, 15) is 13.5 Å². The van der Waals surface area contributed by atoms with Gasteiger partial charge >= 0.3 is 0 Å². The van der Waals surface area contributed by atoms with Crippen molar-refractivity contribution in [2.24, 2.45) is 0 Å². The first-order valence-corrected chi connectivity index (χ1v) is 8.12. The van der Waals surface area contributed by atoms with E-state index in [1.165, 1.54) is 0 Å². The number of hydrogen-bond acceptors (Lipinski definition) is 3. The number of benzene rings is 1. The van der Waals surface area contributed by atoms with E-state index in [1.807, 2.05) is 0 Å². The molecule has 1 aromatic rings. The minimum Gasteiger partial charge on any atom is -0.393 e. The zero-order valence-corrected chi connectivity index (χ0v) is 12.9. The molecule has 0 bridgehead atoms. The molecule has 1 aliphatic carbocycles. The Labute approximate surface area is 122 Å². The molecular weight excluding hydrogens is 309 g/mol. The van der Waals surface area contributed by atoms with Crippen LogP contribution < -0.4 is 4.72 Å². The first kappa shape index (κ1) is 15.1. The van der Waals surface area contributed by atoms with E-state index in [4.69, 9.17) is 23.2 Å². The lowest BCUT2D eigenvalue weighted by Crippen LogP contribution is -2.46. The van der Waals surface area contributed by atoms with Crippen LogP contribution in [0.2, 0.25) is 10.0 Å². The number of sulfonamides is 1. The highest BCUT2D eigenvalue weighted by atomic mass is 35.5. The fraction of sp³-hybridized carbons (Fsp3) is 0.500. The van der Waals surface area contributed by atoms with Crippen LogP contribution >= 0.6 is 23.2 Å². The van der Waals surface area contributed by atoms with Gasteiger partial charge in [0.05, 0.1) is 11.1 Å². The van der Waals surface area contributed by atoms with Crippen molar-refractivity contribution in [3.05, 3.63) is 27.2 Å². The number of aliphatic hydroxyl groups is 1. The molecule has 0 radical (unpaired) electrons. The van der Waals surface area contributed by atoms with Crippen LogP contribution in [0.4, 0.5) is 0 Å².